The van der Waals surface area contributed by atoms with E-state index in [0.29, 0.717) is 18.8 Å². The second-order valence-corrected chi connectivity index (χ2v) is 8.49. The number of piperidine rings is 2. The Kier molecular flexibility index (Phi) is 5.13. The average Bonchev–Trinajstić information content (AvgIpc) is 3.18. The largest absolute Gasteiger partial charge is 0.464 e. The van der Waals surface area contributed by atoms with Crippen LogP contribution in [0.5, 0.6) is 0 Å². The van der Waals surface area contributed by atoms with Gasteiger partial charge in [0, 0.05) is 23.9 Å². The van der Waals surface area contributed by atoms with Crippen molar-refractivity contribution in [2.75, 3.05) is 13.1 Å². The van der Waals surface area contributed by atoms with Crippen molar-refractivity contribution in [1.82, 2.24) is 10.2 Å². The zero-order valence-electron chi connectivity index (χ0n) is 17.0. The minimum Gasteiger partial charge on any atom is -0.464 e. The van der Waals surface area contributed by atoms with Crippen LogP contribution >= 0.6 is 0 Å². The summed E-state index contributed by atoms with van der Waals surface area (Å²) in [5.41, 5.74) is 4.40. The Balaban J connectivity index is 1.27. The van der Waals surface area contributed by atoms with E-state index in [4.69, 9.17) is 4.42 Å². The maximum absolute atomic E-state index is 12.2. The monoisotopic (exact) mass is 402 g/mol. The van der Waals surface area contributed by atoms with Crippen LogP contribution in [0.3, 0.4) is 0 Å². The second kappa shape index (κ2) is 8.07. The van der Waals surface area contributed by atoms with E-state index in [1.165, 1.54) is 11.1 Å². The third-order valence-corrected chi connectivity index (χ3v) is 6.55. The van der Waals surface area contributed by atoms with E-state index in [1.54, 1.807) is 6.26 Å². The van der Waals surface area contributed by atoms with Crippen LogP contribution in [0.15, 0.2) is 59.2 Å². The minimum atomic E-state index is -0.309. The number of fused-ring (bicyclic) bond motifs is 1. The van der Waals surface area contributed by atoms with E-state index in [0.717, 1.165) is 49.0 Å². The van der Waals surface area contributed by atoms with Crippen LogP contribution in [-0.4, -0.2) is 29.8 Å². The molecular formula is C25H26N2O3. The highest BCUT2D eigenvalue weighted by molar-refractivity contribution is 6.02. The number of nitrogens with zero attached hydrogens (tertiary/aromatic N) is 1. The molecular weight excluding hydrogens is 376 g/mol. The van der Waals surface area contributed by atoms with E-state index in [1.807, 2.05) is 0 Å². The van der Waals surface area contributed by atoms with Gasteiger partial charge in [-0.25, -0.2) is 0 Å². The number of carbonyl (C=O) groups excluding carboxylic acids is 2. The molecule has 0 spiro atoms. The number of likely N-dealkylation sites (tertiary alicyclic amines) is 1. The van der Waals surface area contributed by atoms with Crippen LogP contribution in [0.1, 0.15) is 54.2 Å². The Morgan fingerprint density at radius 3 is 2.57 bits per heavy atom. The van der Waals surface area contributed by atoms with Gasteiger partial charge in [-0.1, -0.05) is 42.5 Å². The fraction of sp³-hybridized carbons (Fsp3) is 0.360. The van der Waals surface area contributed by atoms with E-state index >= 15 is 0 Å². The molecule has 2 amide bonds. The normalized spacial score (nSPS) is 21.1. The van der Waals surface area contributed by atoms with Crippen molar-refractivity contribution in [2.24, 2.45) is 0 Å². The smallest absolute Gasteiger partial charge is 0.234 e. The van der Waals surface area contributed by atoms with Gasteiger partial charge < -0.3 is 4.42 Å². The third kappa shape index (κ3) is 3.77. The van der Waals surface area contributed by atoms with E-state index in [-0.39, 0.29) is 17.7 Å². The van der Waals surface area contributed by atoms with Crippen LogP contribution in [0.25, 0.3) is 11.0 Å². The van der Waals surface area contributed by atoms with Gasteiger partial charge >= 0.3 is 0 Å². The van der Waals surface area contributed by atoms with Crippen LogP contribution < -0.4 is 5.32 Å². The van der Waals surface area contributed by atoms with Crippen molar-refractivity contribution in [3.05, 3.63) is 71.5 Å². The third-order valence-electron chi connectivity index (χ3n) is 6.55. The van der Waals surface area contributed by atoms with E-state index in [9.17, 15) is 9.59 Å². The molecule has 5 nitrogen and oxygen atoms in total. The zero-order chi connectivity index (χ0) is 20.5. The molecule has 1 atom stereocenters. The molecule has 2 aliphatic heterocycles. The molecule has 5 heteroatoms. The molecule has 0 bridgehead atoms. The predicted molar refractivity (Wildman–Crippen MR) is 115 cm³/mol. The van der Waals surface area contributed by atoms with Crippen molar-refractivity contribution < 1.29 is 14.0 Å². The maximum atomic E-state index is 12.2. The standard InChI is InChI=1S/C25H26N2O3/c28-24-9-8-21(25(29)26-24)22-16-30-23-14-19(6-7-20(22)23)18-10-12-27(13-11-18)15-17-4-2-1-3-5-17/h1-7,14,16,18,21H,8-13,15H2,(H,26,28,29). The lowest BCUT2D eigenvalue weighted by molar-refractivity contribution is -0.134. The van der Waals surface area contributed by atoms with Gasteiger partial charge in [0.15, 0.2) is 0 Å². The summed E-state index contributed by atoms with van der Waals surface area (Å²) in [5.74, 6) is -0.185. The van der Waals surface area contributed by atoms with Gasteiger partial charge in [0.1, 0.15) is 5.58 Å². The summed E-state index contributed by atoms with van der Waals surface area (Å²) in [7, 11) is 0. The molecule has 0 radical (unpaired) electrons. The number of carbonyl (C=O) groups is 2. The molecule has 3 heterocycles. The Labute approximate surface area is 176 Å². The zero-order valence-corrected chi connectivity index (χ0v) is 17.0. The lowest BCUT2D eigenvalue weighted by atomic mass is 9.87. The number of nitrogens with one attached hydrogen (secondary N) is 1. The van der Waals surface area contributed by atoms with Crippen LogP contribution in [0.4, 0.5) is 0 Å². The maximum Gasteiger partial charge on any atom is 0.234 e. The highest BCUT2D eigenvalue weighted by Crippen LogP contribution is 2.36. The van der Waals surface area contributed by atoms with Gasteiger partial charge in [-0.05, 0) is 55.5 Å². The summed E-state index contributed by atoms with van der Waals surface area (Å²) in [6.07, 6.45) is 4.89. The quantitative estimate of drug-likeness (QED) is 0.660. The number of hydrogen-bond acceptors (Lipinski definition) is 4. The summed E-state index contributed by atoms with van der Waals surface area (Å²) < 4.78 is 5.83. The number of amides is 2. The first-order valence-electron chi connectivity index (χ1n) is 10.8. The number of imide groups is 1. The molecule has 1 unspecified atom stereocenters. The van der Waals surface area contributed by atoms with Crippen molar-refractivity contribution in [3.8, 4) is 0 Å². The lowest BCUT2D eigenvalue weighted by Gasteiger charge is -2.32. The van der Waals surface area contributed by atoms with Gasteiger partial charge in [0.25, 0.3) is 0 Å². The fourth-order valence-corrected chi connectivity index (χ4v) is 4.85. The van der Waals surface area contributed by atoms with Crippen LogP contribution in [0.2, 0.25) is 0 Å². The summed E-state index contributed by atoms with van der Waals surface area (Å²) in [5, 5.41) is 3.42. The van der Waals surface area contributed by atoms with Gasteiger partial charge in [0.05, 0.1) is 12.2 Å². The lowest BCUT2D eigenvalue weighted by Crippen LogP contribution is -2.39. The van der Waals surface area contributed by atoms with E-state index in [2.05, 4.69) is 58.7 Å². The number of furan rings is 1. The first-order valence-corrected chi connectivity index (χ1v) is 10.8. The minimum absolute atomic E-state index is 0.190. The predicted octanol–water partition coefficient (Wildman–Crippen LogP) is 4.33. The van der Waals surface area contributed by atoms with Gasteiger partial charge in [-0.3, -0.25) is 19.8 Å². The fourth-order valence-electron chi connectivity index (χ4n) is 4.85. The molecule has 154 valence electrons. The Morgan fingerprint density at radius 1 is 1.00 bits per heavy atom. The van der Waals surface area contributed by atoms with Gasteiger partial charge in [0.2, 0.25) is 11.8 Å². The number of benzene rings is 2. The summed E-state index contributed by atoms with van der Waals surface area (Å²) >= 11 is 0. The van der Waals surface area contributed by atoms with Crippen molar-refractivity contribution in [1.29, 1.82) is 0 Å². The molecule has 3 aromatic rings. The summed E-state index contributed by atoms with van der Waals surface area (Å²) in [6.45, 7) is 3.20. The van der Waals surface area contributed by atoms with Crippen LogP contribution in [0, 0.1) is 0 Å². The molecule has 2 aromatic carbocycles. The molecule has 2 saturated heterocycles. The number of rotatable bonds is 4. The molecule has 0 saturated carbocycles. The summed E-state index contributed by atoms with van der Waals surface area (Å²) in [4.78, 5) is 26.2. The Hall–Kier alpha value is -2.92. The Morgan fingerprint density at radius 2 is 1.80 bits per heavy atom. The van der Waals surface area contributed by atoms with Gasteiger partial charge in [-0.2, -0.15) is 0 Å². The first kappa shape index (κ1) is 19.1. The Bertz CT molecular complexity index is 1060. The molecule has 0 aliphatic carbocycles. The van der Waals surface area contributed by atoms with Gasteiger partial charge in [-0.15, -0.1) is 0 Å². The topological polar surface area (TPSA) is 62.6 Å². The van der Waals surface area contributed by atoms with E-state index < -0.39 is 0 Å². The molecule has 1 N–H and O–H groups in total. The SMILES string of the molecule is O=C1CCC(c2coc3cc(C4CCN(Cc5ccccc5)CC4)ccc23)C(=O)N1. The molecule has 1 aromatic heterocycles. The number of hydrogen-bond donors (Lipinski definition) is 1. The van der Waals surface area contributed by atoms with Crippen molar-refractivity contribution >= 4 is 22.8 Å². The molecule has 2 aliphatic rings. The molecule has 5 rings (SSSR count). The summed E-state index contributed by atoms with van der Waals surface area (Å²) in [6, 6.07) is 17.1. The molecule has 30 heavy (non-hydrogen) atoms. The average molecular weight is 402 g/mol. The highest BCUT2D eigenvalue weighted by Gasteiger charge is 2.30. The van der Waals surface area contributed by atoms with Crippen molar-refractivity contribution in [2.45, 2.75) is 44.1 Å². The van der Waals surface area contributed by atoms with Crippen molar-refractivity contribution in [3.63, 3.8) is 0 Å². The highest BCUT2D eigenvalue weighted by atomic mass is 16.3. The second-order valence-electron chi connectivity index (χ2n) is 8.49. The first-order chi connectivity index (χ1) is 14.7. The molecule has 2 fully saturated rings. The van der Waals surface area contributed by atoms with Crippen LogP contribution in [-0.2, 0) is 16.1 Å².